The van der Waals surface area contributed by atoms with Crippen LogP contribution >= 0.6 is 0 Å². The van der Waals surface area contributed by atoms with Crippen molar-refractivity contribution in [2.24, 2.45) is 23.7 Å². The third kappa shape index (κ3) is 5.69. The lowest BCUT2D eigenvalue weighted by molar-refractivity contribution is -0.159. The number of benzene rings is 1. The van der Waals surface area contributed by atoms with Crippen LogP contribution in [-0.2, 0) is 9.53 Å². The van der Waals surface area contributed by atoms with Gasteiger partial charge in [0.25, 0.3) is 0 Å². The molecule has 0 spiro atoms. The molecule has 1 saturated carbocycles. The summed E-state index contributed by atoms with van der Waals surface area (Å²) >= 11 is 0. The predicted octanol–water partition coefficient (Wildman–Crippen LogP) is 4.31. The zero-order valence-corrected chi connectivity index (χ0v) is 19.7. The Hall–Kier alpha value is -1.85. The first kappa shape index (κ1) is 23.8. The SMILES string of the molecule is CC(=O)O[C@@H]1C[C@@]2(O)[C@H](C)CC[C@@H](C(C)CN(C)CCOc3ccccc3)[C@H]2C=C1C. The van der Waals surface area contributed by atoms with Crippen molar-refractivity contribution in [3.05, 3.63) is 42.0 Å². The van der Waals surface area contributed by atoms with Gasteiger partial charge in [-0.2, -0.15) is 0 Å². The number of aliphatic hydroxyl groups is 1. The standard InChI is InChI=1S/C26H39NO4/c1-18-15-24-23(12-11-20(3)26(24,29)16-25(18)31-21(4)28)19(2)17-27(5)13-14-30-22-9-7-6-8-10-22/h6-10,15,19-20,23-25,29H,11-14,16-17H2,1-5H3/t19?,20-,23+,24-,25-,26-/m1/s1. The number of carbonyl (C=O) groups excluding carboxylic acids is 1. The average molecular weight is 430 g/mol. The molecule has 2 aliphatic carbocycles. The summed E-state index contributed by atoms with van der Waals surface area (Å²) in [4.78, 5) is 13.9. The van der Waals surface area contributed by atoms with Crippen LogP contribution in [0.4, 0.5) is 0 Å². The first-order valence-electron chi connectivity index (χ1n) is 11.6. The molecule has 1 aromatic rings. The summed E-state index contributed by atoms with van der Waals surface area (Å²) in [7, 11) is 2.14. The third-order valence-electron chi connectivity index (χ3n) is 7.41. The normalized spacial score (nSPS) is 31.5. The Balaban J connectivity index is 1.61. The zero-order chi connectivity index (χ0) is 22.6. The Labute approximate surface area is 187 Å². The van der Waals surface area contributed by atoms with Crippen LogP contribution in [0.25, 0.3) is 0 Å². The number of esters is 1. The van der Waals surface area contributed by atoms with Crippen LogP contribution in [0.15, 0.2) is 42.0 Å². The van der Waals surface area contributed by atoms with Crippen LogP contribution in [0.1, 0.15) is 47.0 Å². The molecule has 5 heteroatoms. The van der Waals surface area contributed by atoms with Gasteiger partial charge in [-0.05, 0) is 62.3 Å². The molecule has 6 atom stereocenters. The fraction of sp³-hybridized carbons (Fsp3) is 0.654. The Morgan fingerprint density at radius 2 is 2.00 bits per heavy atom. The van der Waals surface area contributed by atoms with Gasteiger partial charge < -0.3 is 19.5 Å². The summed E-state index contributed by atoms with van der Waals surface area (Å²) in [5, 5.41) is 11.7. The molecule has 0 aromatic heterocycles. The number of carbonyl (C=O) groups is 1. The Bertz CT molecular complexity index is 764. The topological polar surface area (TPSA) is 59.0 Å². The molecule has 1 fully saturated rings. The van der Waals surface area contributed by atoms with Crippen molar-refractivity contribution in [3.8, 4) is 5.75 Å². The van der Waals surface area contributed by atoms with Gasteiger partial charge in [-0.15, -0.1) is 0 Å². The number of nitrogens with zero attached hydrogens (tertiary/aromatic N) is 1. The maximum Gasteiger partial charge on any atom is 0.303 e. The minimum Gasteiger partial charge on any atom is -0.492 e. The number of rotatable bonds is 8. The molecule has 0 bridgehead atoms. The zero-order valence-electron chi connectivity index (χ0n) is 19.7. The minimum atomic E-state index is -0.814. The van der Waals surface area contributed by atoms with Crippen LogP contribution in [-0.4, -0.2) is 54.4 Å². The van der Waals surface area contributed by atoms with E-state index in [0.717, 1.165) is 37.3 Å². The van der Waals surface area contributed by atoms with Gasteiger partial charge in [-0.3, -0.25) is 4.79 Å². The molecule has 0 aliphatic heterocycles. The van der Waals surface area contributed by atoms with Crippen molar-refractivity contribution in [2.75, 3.05) is 26.7 Å². The summed E-state index contributed by atoms with van der Waals surface area (Å²) in [5.74, 6) is 1.77. The Kier molecular flexibility index (Phi) is 7.82. The number of hydrogen-bond acceptors (Lipinski definition) is 5. The van der Waals surface area contributed by atoms with E-state index in [0.29, 0.717) is 24.9 Å². The van der Waals surface area contributed by atoms with E-state index < -0.39 is 5.60 Å². The summed E-state index contributed by atoms with van der Waals surface area (Å²) in [6.07, 6.45) is 4.51. The van der Waals surface area contributed by atoms with Gasteiger partial charge in [-0.25, -0.2) is 0 Å². The Morgan fingerprint density at radius 3 is 2.68 bits per heavy atom. The van der Waals surface area contributed by atoms with E-state index in [1.807, 2.05) is 37.3 Å². The Morgan fingerprint density at radius 1 is 1.29 bits per heavy atom. The first-order valence-corrected chi connectivity index (χ1v) is 11.6. The van der Waals surface area contributed by atoms with E-state index in [2.05, 4.69) is 31.9 Å². The van der Waals surface area contributed by atoms with Gasteiger partial charge in [-0.1, -0.05) is 38.1 Å². The van der Waals surface area contributed by atoms with Gasteiger partial charge in [0.2, 0.25) is 0 Å². The highest BCUT2D eigenvalue weighted by Gasteiger charge is 2.52. The molecule has 0 heterocycles. The van der Waals surface area contributed by atoms with E-state index in [1.165, 1.54) is 6.92 Å². The van der Waals surface area contributed by atoms with Gasteiger partial charge in [0, 0.05) is 32.4 Å². The molecule has 1 aromatic carbocycles. The fourth-order valence-corrected chi connectivity index (χ4v) is 5.55. The highest BCUT2D eigenvalue weighted by molar-refractivity contribution is 5.66. The molecule has 3 rings (SSSR count). The molecule has 0 radical (unpaired) electrons. The van der Waals surface area contributed by atoms with Crippen LogP contribution < -0.4 is 4.74 Å². The molecular weight excluding hydrogens is 390 g/mol. The molecule has 0 amide bonds. The quantitative estimate of drug-likeness (QED) is 0.493. The highest BCUT2D eigenvalue weighted by atomic mass is 16.5. The van der Waals surface area contributed by atoms with E-state index in [1.54, 1.807) is 0 Å². The predicted molar refractivity (Wildman–Crippen MR) is 123 cm³/mol. The van der Waals surface area contributed by atoms with Crippen molar-refractivity contribution in [3.63, 3.8) is 0 Å². The summed E-state index contributed by atoms with van der Waals surface area (Å²) in [6, 6.07) is 9.92. The lowest BCUT2D eigenvalue weighted by atomic mass is 9.57. The summed E-state index contributed by atoms with van der Waals surface area (Å²) in [5.41, 5.74) is 0.256. The summed E-state index contributed by atoms with van der Waals surface area (Å²) < 4.78 is 11.4. The molecule has 0 saturated heterocycles. The van der Waals surface area contributed by atoms with Crippen molar-refractivity contribution >= 4 is 5.97 Å². The van der Waals surface area contributed by atoms with Crippen molar-refractivity contribution in [1.29, 1.82) is 0 Å². The van der Waals surface area contributed by atoms with Gasteiger partial charge in [0.15, 0.2) is 0 Å². The van der Waals surface area contributed by atoms with Gasteiger partial charge in [0.05, 0.1) is 5.60 Å². The first-order chi connectivity index (χ1) is 14.7. The van der Waals surface area contributed by atoms with E-state index >= 15 is 0 Å². The molecule has 2 aliphatic rings. The fourth-order valence-electron chi connectivity index (χ4n) is 5.55. The summed E-state index contributed by atoms with van der Waals surface area (Å²) in [6.45, 7) is 10.4. The van der Waals surface area contributed by atoms with Crippen molar-refractivity contribution in [1.82, 2.24) is 4.90 Å². The second-order valence-corrected chi connectivity index (χ2v) is 9.77. The number of fused-ring (bicyclic) bond motifs is 1. The van der Waals surface area contributed by atoms with E-state index in [4.69, 9.17) is 9.47 Å². The van der Waals surface area contributed by atoms with Gasteiger partial charge >= 0.3 is 5.97 Å². The molecule has 5 nitrogen and oxygen atoms in total. The molecule has 1 N–H and O–H groups in total. The van der Waals surface area contributed by atoms with Crippen LogP contribution in [0.5, 0.6) is 5.75 Å². The van der Waals surface area contributed by atoms with Crippen molar-refractivity contribution in [2.45, 2.75) is 58.7 Å². The number of likely N-dealkylation sites (N-methyl/N-ethyl adjacent to an activating group) is 1. The average Bonchev–Trinajstić information content (AvgIpc) is 2.71. The maximum absolute atomic E-state index is 11.7. The lowest BCUT2D eigenvalue weighted by Crippen LogP contribution is -2.56. The van der Waals surface area contributed by atoms with Crippen LogP contribution in [0.3, 0.4) is 0 Å². The molecule has 172 valence electrons. The minimum absolute atomic E-state index is 0.104. The number of para-hydroxylation sites is 1. The number of ether oxygens (including phenoxy) is 2. The molecular formula is C26H39NO4. The largest absolute Gasteiger partial charge is 0.492 e. The van der Waals surface area contributed by atoms with Crippen LogP contribution in [0, 0.1) is 23.7 Å². The second-order valence-electron chi connectivity index (χ2n) is 9.77. The van der Waals surface area contributed by atoms with E-state index in [9.17, 15) is 9.90 Å². The smallest absolute Gasteiger partial charge is 0.303 e. The number of hydrogen-bond donors (Lipinski definition) is 1. The molecule has 31 heavy (non-hydrogen) atoms. The van der Waals surface area contributed by atoms with Crippen LogP contribution in [0.2, 0.25) is 0 Å². The van der Waals surface area contributed by atoms with E-state index in [-0.39, 0.29) is 23.9 Å². The molecule has 1 unspecified atom stereocenters. The van der Waals surface area contributed by atoms with Gasteiger partial charge in [0.1, 0.15) is 18.5 Å². The second kappa shape index (κ2) is 10.2. The monoisotopic (exact) mass is 429 g/mol. The highest BCUT2D eigenvalue weighted by Crippen LogP contribution is 2.51. The van der Waals surface area contributed by atoms with Crippen molar-refractivity contribution < 1.29 is 19.4 Å². The maximum atomic E-state index is 11.7. The lowest BCUT2D eigenvalue weighted by Gasteiger charge is -2.53. The third-order valence-corrected chi connectivity index (χ3v) is 7.41.